The molecule has 4 aromatic rings. The summed E-state index contributed by atoms with van der Waals surface area (Å²) in [5.74, 6) is 0.407. The Hall–Kier alpha value is -3.82. The average Bonchev–Trinajstić information content (AvgIpc) is 3.03. The maximum Gasteiger partial charge on any atom is 0.416 e. The Bertz CT molecular complexity index is 1250. The number of nitrogens with two attached hydrogens (primary N) is 2. The van der Waals surface area contributed by atoms with Crippen LogP contribution < -0.4 is 11.5 Å². The van der Waals surface area contributed by atoms with Crippen LogP contribution in [0.4, 0.5) is 24.9 Å². The highest BCUT2D eigenvalue weighted by Crippen LogP contribution is 2.34. The van der Waals surface area contributed by atoms with E-state index in [1.165, 1.54) is 12.1 Å². The first-order chi connectivity index (χ1) is 14.2. The summed E-state index contributed by atoms with van der Waals surface area (Å²) >= 11 is 0. The number of benzene rings is 2. The summed E-state index contributed by atoms with van der Waals surface area (Å²) < 4.78 is 39.2. The van der Waals surface area contributed by atoms with Crippen LogP contribution in [-0.4, -0.2) is 24.9 Å². The lowest BCUT2D eigenvalue weighted by molar-refractivity contribution is -0.137. The number of nitrogen functional groups attached to an aromatic ring is 2. The van der Waals surface area contributed by atoms with Crippen molar-refractivity contribution in [3.05, 3.63) is 53.7 Å². The maximum atomic E-state index is 12.8. The number of aromatic nitrogens is 4. The van der Waals surface area contributed by atoms with E-state index >= 15 is 0 Å². The smallest absolute Gasteiger partial charge is 0.416 e. The normalized spacial score (nSPS) is 11.9. The molecule has 154 valence electrons. The molecule has 0 spiro atoms. The Labute approximate surface area is 168 Å². The van der Waals surface area contributed by atoms with E-state index in [0.29, 0.717) is 39.8 Å². The van der Waals surface area contributed by atoms with E-state index in [-0.39, 0.29) is 17.6 Å². The van der Waals surface area contributed by atoms with E-state index in [9.17, 15) is 18.4 Å². The average molecular weight is 414 g/mol. The lowest BCUT2D eigenvalue weighted by Crippen LogP contribution is -2.06. The summed E-state index contributed by atoms with van der Waals surface area (Å²) in [5, 5.41) is 10.6. The minimum Gasteiger partial charge on any atom is -0.426 e. The SMILES string of the molecule is CCc1nc(N)nc(N)c1-c1ccc2nc(-c3ccc(C(F)(F)F)cc3)n(O)c2c1. The van der Waals surface area contributed by atoms with Crippen molar-refractivity contribution in [2.45, 2.75) is 19.5 Å². The van der Waals surface area contributed by atoms with Gasteiger partial charge < -0.3 is 16.7 Å². The van der Waals surface area contributed by atoms with E-state index in [1.807, 2.05) is 6.92 Å². The Kier molecular flexibility index (Phi) is 4.49. The van der Waals surface area contributed by atoms with Crippen LogP contribution in [0.25, 0.3) is 33.5 Å². The summed E-state index contributed by atoms with van der Waals surface area (Å²) in [6.45, 7) is 1.91. The number of nitrogens with zero attached hydrogens (tertiary/aromatic N) is 4. The van der Waals surface area contributed by atoms with Gasteiger partial charge >= 0.3 is 6.18 Å². The van der Waals surface area contributed by atoms with Gasteiger partial charge in [-0.1, -0.05) is 25.1 Å². The number of alkyl halides is 3. The van der Waals surface area contributed by atoms with Crippen molar-refractivity contribution in [3.8, 4) is 22.5 Å². The van der Waals surface area contributed by atoms with E-state index in [0.717, 1.165) is 16.9 Å². The van der Waals surface area contributed by atoms with Crippen molar-refractivity contribution >= 4 is 22.8 Å². The molecule has 5 N–H and O–H groups in total. The molecule has 0 radical (unpaired) electrons. The van der Waals surface area contributed by atoms with Crippen LogP contribution in [0, 0.1) is 0 Å². The number of fused-ring (bicyclic) bond motifs is 1. The van der Waals surface area contributed by atoms with Crippen LogP contribution in [-0.2, 0) is 12.6 Å². The first-order valence-electron chi connectivity index (χ1n) is 9.00. The minimum atomic E-state index is -4.44. The van der Waals surface area contributed by atoms with Crippen molar-refractivity contribution in [2.75, 3.05) is 11.5 Å². The molecule has 2 aromatic carbocycles. The van der Waals surface area contributed by atoms with Gasteiger partial charge in [0, 0.05) is 11.1 Å². The molecule has 0 saturated heterocycles. The highest BCUT2D eigenvalue weighted by molar-refractivity contribution is 5.88. The molecule has 0 bridgehead atoms. The van der Waals surface area contributed by atoms with E-state index < -0.39 is 11.7 Å². The van der Waals surface area contributed by atoms with Crippen molar-refractivity contribution < 1.29 is 18.4 Å². The van der Waals surface area contributed by atoms with E-state index in [4.69, 9.17) is 11.5 Å². The Morgan fingerprint density at radius 3 is 2.27 bits per heavy atom. The topological polar surface area (TPSA) is 116 Å². The molecular formula is C20H17F3N6O. The third kappa shape index (κ3) is 3.25. The zero-order valence-electron chi connectivity index (χ0n) is 15.8. The molecular weight excluding hydrogens is 397 g/mol. The van der Waals surface area contributed by atoms with E-state index in [1.54, 1.807) is 18.2 Å². The largest absolute Gasteiger partial charge is 0.426 e. The number of imidazole rings is 1. The molecule has 0 atom stereocenters. The third-order valence-electron chi connectivity index (χ3n) is 4.75. The van der Waals surface area contributed by atoms with Gasteiger partial charge in [-0.2, -0.15) is 22.9 Å². The molecule has 0 aliphatic heterocycles. The maximum absolute atomic E-state index is 12.8. The van der Waals surface area contributed by atoms with Gasteiger partial charge in [-0.15, -0.1) is 0 Å². The van der Waals surface area contributed by atoms with Crippen molar-refractivity contribution in [1.82, 2.24) is 19.7 Å². The molecule has 0 saturated carbocycles. The van der Waals surface area contributed by atoms with Crippen molar-refractivity contribution in [1.29, 1.82) is 0 Å². The van der Waals surface area contributed by atoms with Gasteiger partial charge in [-0.3, -0.25) is 0 Å². The van der Waals surface area contributed by atoms with Crippen LogP contribution >= 0.6 is 0 Å². The lowest BCUT2D eigenvalue weighted by atomic mass is 10.0. The highest BCUT2D eigenvalue weighted by Gasteiger charge is 2.30. The molecule has 0 aliphatic carbocycles. The van der Waals surface area contributed by atoms with Crippen LogP contribution in [0.3, 0.4) is 0 Å². The molecule has 0 aliphatic rings. The molecule has 7 nitrogen and oxygen atoms in total. The van der Waals surface area contributed by atoms with Gasteiger partial charge in [0.15, 0.2) is 5.82 Å². The van der Waals surface area contributed by atoms with Gasteiger partial charge in [-0.25, -0.2) is 9.97 Å². The molecule has 30 heavy (non-hydrogen) atoms. The summed E-state index contributed by atoms with van der Waals surface area (Å²) in [5.41, 5.74) is 14.0. The molecule has 0 fully saturated rings. The molecule has 2 heterocycles. The second-order valence-electron chi connectivity index (χ2n) is 6.67. The number of aryl methyl sites for hydroxylation is 1. The lowest BCUT2D eigenvalue weighted by Gasteiger charge is -2.11. The number of hydrogen-bond acceptors (Lipinski definition) is 6. The fraction of sp³-hybridized carbons (Fsp3) is 0.150. The van der Waals surface area contributed by atoms with Crippen LogP contribution in [0.1, 0.15) is 18.2 Å². The van der Waals surface area contributed by atoms with E-state index in [2.05, 4.69) is 15.0 Å². The fourth-order valence-electron chi connectivity index (χ4n) is 3.33. The Balaban J connectivity index is 1.82. The summed E-state index contributed by atoms with van der Waals surface area (Å²) in [7, 11) is 0. The quantitative estimate of drug-likeness (QED) is 0.434. The Morgan fingerprint density at radius 1 is 0.967 bits per heavy atom. The van der Waals surface area contributed by atoms with Crippen molar-refractivity contribution in [3.63, 3.8) is 0 Å². The summed E-state index contributed by atoms with van der Waals surface area (Å²) in [4.78, 5) is 12.6. The molecule has 2 aromatic heterocycles. The number of rotatable bonds is 3. The number of hydrogen-bond donors (Lipinski definition) is 3. The second kappa shape index (κ2) is 6.90. The predicted octanol–water partition coefficient (Wildman–Crippen LogP) is 4.14. The molecule has 0 amide bonds. The standard InChI is InChI=1S/C20H17F3N6O/c1-2-13-16(17(24)28-19(25)27-13)11-5-8-14-15(9-11)29(30)18(26-14)10-3-6-12(7-4-10)20(21,22)23/h3-9,30H,2H2,1H3,(H4,24,25,27,28). The van der Waals surface area contributed by atoms with Gasteiger partial charge in [0.1, 0.15) is 11.3 Å². The number of anilines is 2. The molecule has 4 rings (SSSR count). The van der Waals surface area contributed by atoms with Crippen LogP contribution in [0.2, 0.25) is 0 Å². The Morgan fingerprint density at radius 2 is 1.63 bits per heavy atom. The third-order valence-corrected chi connectivity index (χ3v) is 4.75. The summed E-state index contributed by atoms with van der Waals surface area (Å²) in [6.07, 6.45) is -3.87. The van der Waals surface area contributed by atoms with Gasteiger partial charge in [0.25, 0.3) is 0 Å². The summed E-state index contributed by atoms with van der Waals surface area (Å²) in [6, 6.07) is 9.52. The van der Waals surface area contributed by atoms with Crippen LogP contribution in [0.5, 0.6) is 0 Å². The highest BCUT2D eigenvalue weighted by atomic mass is 19.4. The molecule has 10 heteroatoms. The minimum absolute atomic E-state index is 0.0750. The fourth-order valence-corrected chi connectivity index (χ4v) is 3.33. The van der Waals surface area contributed by atoms with Gasteiger partial charge in [0.05, 0.1) is 16.8 Å². The first kappa shape index (κ1) is 19.5. The molecule has 0 unspecified atom stereocenters. The monoisotopic (exact) mass is 414 g/mol. The van der Waals surface area contributed by atoms with Crippen LogP contribution in [0.15, 0.2) is 42.5 Å². The predicted molar refractivity (Wildman–Crippen MR) is 107 cm³/mol. The first-order valence-corrected chi connectivity index (χ1v) is 9.00. The van der Waals surface area contributed by atoms with Crippen molar-refractivity contribution in [2.24, 2.45) is 0 Å². The second-order valence-corrected chi connectivity index (χ2v) is 6.67. The zero-order chi connectivity index (χ0) is 21.6. The number of halogens is 3. The van der Waals surface area contributed by atoms with Gasteiger partial charge in [0.2, 0.25) is 5.95 Å². The zero-order valence-corrected chi connectivity index (χ0v) is 15.8. The van der Waals surface area contributed by atoms with Gasteiger partial charge in [-0.05, 0) is 36.2 Å².